The van der Waals surface area contributed by atoms with E-state index in [0.29, 0.717) is 17.4 Å². The molecule has 3 aliphatic rings. The maximum atomic E-state index is 13.3. The Hall–Kier alpha value is -2.63. The van der Waals surface area contributed by atoms with Crippen molar-refractivity contribution >= 4 is 11.9 Å². The highest BCUT2D eigenvalue weighted by atomic mass is 16.4. The van der Waals surface area contributed by atoms with Crippen LogP contribution in [0.4, 0.5) is 0 Å². The van der Waals surface area contributed by atoms with Gasteiger partial charge >= 0.3 is 5.97 Å². The van der Waals surface area contributed by atoms with Gasteiger partial charge in [0.1, 0.15) is 5.56 Å². The van der Waals surface area contributed by atoms with Crippen LogP contribution in [0.2, 0.25) is 0 Å². The minimum Gasteiger partial charge on any atom is -0.478 e. The molecule has 0 radical (unpaired) electrons. The lowest BCUT2D eigenvalue weighted by molar-refractivity contribution is -0.140. The van der Waals surface area contributed by atoms with E-state index < -0.39 is 5.97 Å². The number of carbonyl (C=O) groups is 2. The predicted molar refractivity (Wildman–Crippen MR) is 122 cm³/mol. The van der Waals surface area contributed by atoms with Crippen LogP contribution in [0, 0.1) is 5.92 Å². The molecule has 32 heavy (non-hydrogen) atoms. The summed E-state index contributed by atoms with van der Waals surface area (Å²) in [6, 6.07) is 8.35. The number of carbonyl (C=O) groups excluding carboxylic acids is 1. The Morgan fingerprint density at radius 1 is 1.09 bits per heavy atom. The summed E-state index contributed by atoms with van der Waals surface area (Å²) < 4.78 is 1.82. The lowest BCUT2D eigenvalue weighted by Crippen LogP contribution is -2.46. The van der Waals surface area contributed by atoms with Crippen molar-refractivity contribution in [3.8, 4) is 5.69 Å². The van der Waals surface area contributed by atoms with Gasteiger partial charge < -0.3 is 10.0 Å². The van der Waals surface area contributed by atoms with E-state index in [1.54, 1.807) is 0 Å². The number of benzene rings is 1. The monoisotopic (exact) mass is 435 g/mol. The Balaban J connectivity index is 1.38. The Morgan fingerprint density at radius 2 is 1.91 bits per heavy atom. The highest BCUT2D eigenvalue weighted by Crippen LogP contribution is 2.43. The third kappa shape index (κ3) is 3.84. The highest BCUT2D eigenvalue weighted by molar-refractivity contribution is 5.89. The molecule has 0 unspecified atom stereocenters. The van der Waals surface area contributed by atoms with Gasteiger partial charge in [0.2, 0.25) is 5.91 Å². The topological polar surface area (TPSA) is 75.4 Å². The molecule has 1 aromatic heterocycles. The van der Waals surface area contributed by atoms with Crippen LogP contribution in [0.1, 0.15) is 98.7 Å². The summed E-state index contributed by atoms with van der Waals surface area (Å²) in [6.45, 7) is 5.26. The molecule has 2 atom stereocenters. The van der Waals surface area contributed by atoms with Gasteiger partial charge in [0.05, 0.1) is 17.6 Å². The molecule has 1 aliphatic heterocycles. The van der Waals surface area contributed by atoms with Gasteiger partial charge in [-0.25, -0.2) is 9.48 Å². The first kappa shape index (κ1) is 21.2. The number of carboxylic acid groups (broad SMARTS) is 1. The third-order valence-corrected chi connectivity index (χ3v) is 7.78. The minimum atomic E-state index is -0.909. The molecule has 0 spiro atoms. The summed E-state index contributed by atoms with van der Waals surface area (Å²) in [5.74, 6) is 0.158. The molecule has 1 N–H and O–H groups in total. The first-order valence-corrected chi connectivity index (χ1v) is 12.1. The molecular formula is C26H33N3O3. The molecule has 1 saturated heterocycles. The molecule has 6 nitrogen and oxygen atoms in total. The number of aromatic carboxylic acids is 1. The van der Waals surface area contributed by atoms with Crippen LogP contribution in [-0.2, 0) is 4.79 Å². The second-order valence-corrected chi connectivity index (χ2v) is 10.5. The Morgan fingerprint density at radius 3 is 2.59 bits per heavy atom. The third-order valence-electron chi connectivity index (χ3n) is 7.78. The predicted octanol–water partition coefficient (Wildman–Crippen LogP) is 5.12. The first-order valence-electron chi connectivity index (χ1n) is 12.1. The molecule has 2 heterocycles. The van der Waals surface area contributed by atoms with E-state index in [1.807, 2.05) is 16.8 Å². The molecule has 2 aliphatic carbocycles. The lowest BCUT2D eigenvalue weighted by atomic mass is 9.77. The van der Waals surface area contributed by atoms with E-state index in [2.05, 4.69) is 36.0 Å². The summed E-state index contributed by atoms with van der Waals surface area (Å²) in [4.78, 5) is 27.1. The van der Waals surface area contributed by atoms with E-state index >= 15 is 0 Å². The Labute approximate surface area is 189 Å². The van der Waals surface area contributed by atoms with Crippen molar-refractivity contribution in [1.29, 1.82) is 0 Å². The van der Waals surface area contributed by atoms with Gasteiger partial charge in [-0.1, -0.05) is 18.6 Å². The number of nitrogens with zero attached hydrogens (tertiary/aromatic N) is 3. The van der Waals surface area contributed by atoms with Gasteiger partial charge in [-0.15, -0.1) is 0 Å². The summed E-state index contributed by atoms with van der Waals surface area (Å²) in [5.41, 5.74) is 3.27. The molecular weight excluding hydrogens is 402 g/mol. The van der Waals surface area contributed by atoms with Gasteiger partial charge in [0.15, 0.2) is 0 Å². The van der Waals surface area contributed by atoms with Crippen molar-refractivity contribution in [2.45, 2.75) is 82.6 Å². The fourth-order valence-corrected chi connectivity index (χ4v) is 5.84. The van der Waals surface area contributed by atoms with Crippen molar-refractivity contribution in [2.24, 2.45) is 5.92 Å². The standard InChI is InChI=1S/C26H33N3O3/c1-26(2)12-5-13-28(26)24(30)20-8-3-6-18(14-20)19-7-4-9-21(15-19)29-23(17-10-11-17)22(16-27-29)25(31)32/h4,7,9,15-18,20H,3,5-6,8,10-14H2,1-2H3,(H,31,32)/t18-,20+/m1/s1. The average Bonchev–Trinajstić information content (AvgIpc) is 3.42. The SMILES string of the molecule is CC1(C)CCCN1C(=O)[C@H]1CCC[C@@H](c2cccc(-n3ncc(C(=O)O)c3C3CC3)c2)C1. The number of likely N-dealkylation sites (tertiary alicyclic amines) is 1. The van der Waals surface area contributed by atoms with E-state index in [-0.39, 0.29) is 17.4 Å². The Bertz CT molecular complexity index is 1040. The van der Waals surface area contributed by atoms with E-state index in [0.717, 1.165) is 69.3 Å². The van der Waals surface area contributed by atoms with E-state index in [4.69, 9.17) is 0 Å². The fraction of sp³-hybridized carbons (Fsp3) is 0.577. The van der Waals surface area contributed by atoms with Crippen molar-refractivity contribution in [3.63, 3.8) is 0 Å². The molecule has 2 aromatic rings. The van der Waals surface area contributed by atoms with Gasteiger partial charge in [-0.05, 0) is 82.4 Å². The summed E-state index contributed by atoms with van der Waals surface area (Å²) in [7, 11) is 0. The second-order valence-electron chi connectivity index (χ2n) is 10.5. The molecule has 6 heteroatoms. The molecule has 170 valence electrons. The van der Waals surface area contributed by atoms with Crippen LogP contribution in [0.25, 0.3) is 5.69 Å². The zero-order valence-electron chi connectivity index (χ0n) is 19.1. The van der Waals surface area contributed by atoms with Crippen molar-refractivity contribution in [1.82, 2.24) is 14.7 Å². The van der Waals surface area contributed by atoms with E-state index in [9.17, 15) is 14.7 Å². The summed E-state index contributed by atoms with van der Waals surface area (Å²) in [5, 5.41) is 14.0. The van der Waals surface area contributed by atoms with Gasteiger partial charge in [-0.2, -0.15) is 5.10 Å². The zero-order valence-corrected chi connectivity index (χ0v) is 19.1. The maximum Gasteiger partial charge on any atom is 0.339 e. The van der Waals surface area contributed by atoms with Crippen LogP contribution < -0.4 is 0 Å². The molecule has 0 bridgehead atoms. The lowest BCUT2D eigenvalue weighted by Gasteiger charge is -2.37. The smallest absolute Gasteiger partial charge is 0.339 e. The van der Waals surface area contributed by atoms with Crippen LogP contribution in [-0.4, -0.2) is 43.7 Å². The maximum absolute atomic E-state index is 13.3. The number of hydrogen-bond acceptors (Lipinski definition) is 3. The average molecular weight is 436 g/mol. The molecule has 3 fully saturated rings. The van der Waals surface area contributed by atoms with Crippen molar-refractivity contribution in [2.75, 3.05) is 6.54 Å². The molecule has 5 rings (SSSR count). The second kappa shape index (κ2) is 8.05. The van der Waals surface area contributed by atoms with Crippen LogP contribution >= 0.6 is 0 Å². The van der Waals surface area contributed by atoms with Gasteiger partial charge in [0.25, 0.3) is 0 Å². The minimum absolute atomic E-state index is 0.0227. The molecule has 1 amide bonds. The fourth-order valence-electron chi connectivity index (χ4n) is 5.84. The number of hydrogen-bond donors (Lipinski definition) is 1. The molecule has 2 saturated carbocycles. The van der Waals surface area contributed by atoms with Crippen molar-refractivity contribution in [3.05, 3.63) is 47.3 Å². The molecule has 1 aromatic carbocycles. The Kier molecular flexibility index (Phi) is 5.34. The zero-order chi connectivity index (χ0) is 22.5. The van der Waals surface area contributed by atoms with Crippen LogP contribution in [0.15, 0.2) is 30.5 Å². The summed E-state index contributed by atoms with van der Waals surface area (Å²) in [6.07, 6.45) is 9.73. The number of carboxylic acids is 1. The number of rotatable bonds is 5. The number of aromatic nitrogens is 2. The van der Waals surface area contributed by atoms with Crippen LogP contribution in [0.5, 0.6) is 0 Å². The van der Waals surface area contributed by atoms with Gasteiger partial charge in [-0.3, -0.25) is 4.79 Å². The normalized spacial score (nSPS) is 25.1. The summed E-state index contributed by atoms with van der Waals surface area (Å²) >= 11 is 0. The van der Waals surface area contributed by atoms with Crippen molar-refractivity contribution < 1.29 is 14.7 Å². The van der Waals surface area contributed by atoms with Gasteiger partial charge in [0, 0.05) is 23.9 Å². The quantitative estimate of drug-likeness (QED) is 0.707. The number of amides is 1. The highest BCUT2D eigenvalue weighted by Gasteiger charge is 2.40. The van der Waals surface area contributed by atoms with E-state index in [1.165, 1.54) is 11.8 Å². The largest absolute Gasteiger partial charge is 0.478 e. The first-order chi connectivity index (χ1) is 15.3. The van der Waals surface area contributed by atoms with Crippen LogP contribution in [0.3, 0.4) is 0 Å².